The molecule has 0 heterocycles. The van der Waals surface area contributed by atoms with Crippen molar-refractivity contribution in [3.8, 4) is 0 Å². The van der Waals surface area contributed by atoms with E-state index < -0.39 is 0 Å². The summed E-state index contributed by atoms with van der Waals surface area (Å²) < 4.78 is 0. The van der Waals surface area contributed by atoms with Gasteiger partial charge < -0.3 is 0 Å². The molecule has 2 rings (SSSR count). The molecule has 0 atom stereocenters. The molecule has 0 bridgehead atoms. The summed E-state index contributed by atoms with van der Waals surface area (Å²) in [6, 6.07) is 0. The van der Waals surface area contributed by atoms with Crippen LogP contribution in [0, 0.1) is 28.1 Å². The van der Waals surface area contributed by atoms with Crippen molar-refractivity contribution in [3.63, 3.8) is 0 Å². The second kappa shape index (κ2) is 4.00. The first kappa shape index (κ1) is 13.4. The zero-order valence-corrected chi connectivity index (χ0v) is 12.9. The van der Waals surface area contributed by atoms with E-state index in [1.165, 1.54) is 12.8 Å². The van der Waals surface area contributed by atoms with E-state index in [0.717, 1.165) is 17.3 Å². The van der Waals surface area contributed by atoms with Crippen LogP contribution in [0.25, 0.3) is 0 Å². The van der Waals surface area contributed by atoms with Gasteiger partial charge in [0.05, 0.1) is 0 Å². The molecule has 100 valence electrons. The van der Waals surface area contributed by atoms with Gasteiger partial charge in [-0.25, -0.2) is 0 Å². The Labute approximate surface area is 109 Å². The van der Waals surface area contributed by atoms with Crippen LogP contribution in [0.4, 0.5) is 0 Å². The normalized spacial score (nSPS) is 37.8. The molecule has 0 nitrogen and oxygen atoms in total. The second-order valence-corrected chi connectivity index (χ2v) is 9.58. The first-order valence-corrected chi connectivity index (χ1v) is 7.57. The summed E-state index contributed by atoms with van der Waals surface area (Å²) in [5.41, 5.74) is 1.91. The molecular formula is C17H32. The molecule has 0 heteroatoms. The van der Waals surface area contributed by atoms with Crippen LogP contribution in [-0.2, 0) is 0 Å². The molecule has 0 N–H and O–H groups in total. The molecule has 0 unspecified atom stereocenters. The van der Waals surface area contributed by atoms with Gasteiger partial charge in [0.2, 0.25) is 0 Å². The minimum absolute atomic E-state index is 0.542. The van der Waals surface area contributed by atoms with Crippen LogP contribution >= 0.6 is 0 Å². The SMILES string of the molecule is CC(C)(C)CC1CC2(C1)CC(CC(C)(C)C)C2. The minimum Gasteiger partial charge on any atom is -0.0602 e. The fourth-order valence-electron chi connectivity index (χ4n) is 4.68. The monoisotopic (exact) mass is 236 g/mol. The summed E-state index contributed by atoms with van der Waals surface area (Å²) in [7, 11) is 0. The van der Waals surface area contributed by atoms with Crippen LogP contribution in [0.3, 0.4) is 0 Å². The first-order valence-electron chi connectivity index (χ1n) is 7.57. The third-order valence-electron chi connectivity index (χ3n) is 4.69. The number of hydrogen-bond donors (Lipinski definition) is 0. The van der Waals surface area contributed by atoms with Gasteiger partial charge in [0.1, 0.15) is 0 Å². The Morgan fingerprint density at radius 1 is 0.706 bits per heavy atom. The summed E-state index contributed by atoms with van der Waals surface area (Å²) >= 11 is 0. The van der Waals surface area contributed by atoms with Gasteiger partial charge in [0.25, 0.3) is 0 Å². The van der Waals surface area contributed by atoms with Gasteiger partial charge in [-0.3, -0.25) is 0 Å². The van der Waals surface area contributed by atoms with Crippen molar-refractivity contribution in [1.29, 1.82) is 0 Å². The van der Waals surface area contributed by atoms with Crippen molar-refractivity contribution in [2.45, 2.75) is 80.1 Å². The van der Waals surface area contributed by atoms with Crippen LogP contribution in [0.1, 0.15) is 80.1 Å². The molecule has 0 saturated heterocycles. The highest BCUT2D eigenvalue weighted by Crippen LogP contribution is 2.64. The molecule has 1 spiro atoms. The molecular weight excluding hydrogens is 204 g/mol. The van der Waals surface area contributed by atoms with Gasteiger partial charge in [-0.05, 0) is 66.6 Å². The van der Waals surface area contributed by atoms with E-state index in [4.69, 9.17) is 0 Å². The molecule has 2 fully saturated rings. The van der Waals surface area contributed by atoms with E-state index in [2.05, 4.69) is 41.5 Å². The van der Waals surface area contributed by atoms with Crippen molar-refractivity contribution in [1.82, 2.24) is 0 Å². The Balaban J connectivity index is 1.69. The molecule has 0 aromatic carbocycles. The smallest absolute Gasteiger partial charge is 0.0287 e. The van der Waals surface area contributed by atoms with Gasteiger partial charge >= 0.3 is 0 Å². The molecule has 2 aliphatic carbocycles. The summed E-state index contributed by atoms with van der Waals surface area (Å²) in [4.78, 5) is 0. The van der Waals surface area contributed by atoms with E-state index in [1.54, 1.807) is 25.7 Å². The molecule has 0 radical (unpaired) electrons. The van der Waals surface area contributed by atoms with Gasteiger partial charge in [-0.1, -0.05) is 41.5 Å². The van der Waals surface area contributed by atoms with Gasteiger partial charge in [-0.15, -0.1) is 0 Å². The molecule has 2 aliphatic rings. The average molecular weight is 236 g/mol. The maximum Gasteiger partial charge on any atom is -0.0287 e. The van der Waals surface area contributed by atoms with Crippen LogP contribution in [0.15, 0.2) is 0 Å². The van der Waals surface area contributed by atoms with E-state index in [-0.39, 0.29) is 0 Å². The lowest BCUT2D eigenvalue weighted by atomic mass is 9.46. The Morgan fingerprint density at radius 3 is 1.24 bits per heavy atom. The predicted molar refractivity (Wildman–Crippen MR) is 76.0 cm³/mol. The molecule has 0 aromatic rings. The van der Waals surface area contributed by atoms with Crippen molar-refractivity contribution < 1.29 is 0 Å². The third kappa shape index (κ3) is 3.48. The highest BCUT2D eigenvalue weighted by atomic mass is 14.6. The average Bonchev–Trinajstić information content (AvgIpc) is 1.90. The zero-order valence-electron chi connectivity index (χ0n) is 12.9. The van der Waals surface area contributed by atoms with Crippen LogP contribution < -0.4 is 0 Å². The van der Waals surface area contributed by atoms with Crippen LogP contribution in [0.2, 0.25) is 0 Å². The lowest BCUT2D eigenvalue weighted by molar-refractivity contribution is -0.0880. The molecule has 0 aliphatic heterocycles. The number of rotatable bonds is 2. The number of hydrogen-bond acceptors (Lipinski definition) is 0. The van der Waals surface area contributed by atoms with Crippen LogP contribution in [0.5, 0.6) is 0 Å². The standard InChI is InChI=1S/C17H32/c1-15(2,3)7-13-9-17(10-13)11-14(12-17)8-16(4,5)6/h13-14H,7-12H2,1-6H3. The maximum atomic E-state index is 2.39. The Morgan fingerprint density at radius 2 is 1.00 bits per heavy atom. The van der Waals surface area contributed by atoms with E-state index in [1.807, 2.05) is 0 Å². The quantitative estimate of drug-likeness (QED) is 0.580. The minimum atomic E-state index is 0.542. The molecule has 2 saturated carbocycles. The van der Waals surface area contributed by atoms with E-state index >= 15 is 0 Å². The largest absolute Gasteiger partial charge is 0.0602 e. The van der Waals surface area contributed by atoms with Gasteiger partial charge in [0.15, 0.2) is 0 Å². The molecule has 0 aromatic heterocycles. The Bertz CT molecular complexity index is 228. The van der Waals surface area contributed by atoms with Crippen molar-refractivity contribution in [3.05, 3.63) is 0 Å². The van der Waals surface area contributed by atoms with Gasteiger partial charge in [0, 0.05) is 0 Å². The summed E-state index contributed by atoms with van der Waals surface area (Å²) in [5.74, 6) is 2.09. The van der Waals surface area contributed by atoms with Crippen molar-refractivity contribution >= 4 is 0 Å². The maximum absolute atomic E-state index is 2.39. The van der Waals surface area contributed by atoms with E-state index in [9.17, 15) is 0 Å². The van der Waals surface area contributed by atoms with Crippen molar-refractivity contribution in [2.24, 2.45) is 28.1 Å². The highest BCUT2D eigenvalue weighted by Gasteiger charge is 2.53. The molecule has 0 amide bonds. The zero-order chi connectivity index (χ0) is 12.9. The summed E-state index contributed by atoms with van der Waals surface area (Å²) in [5, 5.41) is 0. The Hall–Kier alpha value is 0. The summed E-state index contributed by atoms with van der Waals surface area (Å²) in [6.45, 7) is 14.3. The van der Waals surface area contributed by atoms with Crippen molar-refractivity contribution in [2.75, 3.05) is 0 Å². The highest BCUT2D eigenvalue weighted by molar-refractivity contribution is 5.03. The predicted octanol–water partition coefficient (Wildman–Crippen LogP) is 5.67. The summed E-state index contributed by atoms with van der Waals surface area (Å²) in [6.07, 6.45) is 9.07. The third-order valence-corrected chi connectivity index (χ3v) is 4.69. The van der Waals surface area contributed by atoms with E-state index in [0.29, 0.717) is 10.8 Å². The van der Waals surface area contributed by atoms with Crippen LogP contribution in [-0.4, -0.2) is 0 Å². The fourth-order valence-corrected chi connectivity index (χ4v) is 4.68. The Kier molecular flexibility index (Phi) is 3.16. The topological polar surface area (TPSA) is 0 Å². The van der Waals surface area contributed by atoms with Gasteiger partial charge in [-0.2, -0.15) is 0 Å². The lowest BCUT2D eigenvalue weighted by Crippen LogP contribution is -2.48. The fraction of sp³-hybridized carbons (Fsp3) is 1.00. The lowest BCUT2D eigenvalue weighted by Gasteiger charge is -2.60. The molecule has 17 heavy (non-hydrogen) atoms. The first-order chi connectivity index (χ1) is 7.57. The second-order valence-electron chi connectivity index (χ2n) is 9.58.